The summed E-state index contributed by atoms with van der Waals surface area (Å²) in [5.41, 5.74) is 4.70. The van der Waals surface area contributed by atoms with E-state index in [1.54, 1.807) is 0 Å². The molecule has 0 radical (unpaired) electrons. The minimum atomic E-state index is -0.494. The maximum Gasteiger partial charge on any atom is 0.229 e. The van der Waals surface area contributed by atoms with Gasteiger partial charge in [-0.15, -0.1) is 0 Å². The molecule has 1 aliphatic heterocycles. The molecule has 2 atom stereocenters. The van der Waals surface area contributed by atoms with Crippen molar-refractivity contribution >= 4 is 39.2 Å². The Morgan fingerprint density at radius 2 is 2.06 bits per heavy atom. The van der Waals surface area contributed by atoms with Crippen molar-refractivity contribution in [1.82, 2.24) is 25.1 Å². The highest BCUT2D eigenvalue weighted by Gasteiger charge is 2.27. The molecular weight excluding hydrogens is 454 g/mol. The Morgan fingerprint density at radius 1 is 1.25 bits per heavy atom. The molecular formula is C27H35N7O2. The number of likely N-dealkylation sites (N-methyl/N-ethyl adjacent to an activating group) is 1. The first kappa shape index (κ1) is 24.3. The van der Waals surface area contributed by atoms with E-state index < -0.39 is 5.41 Å². The van der Waals surface area contributed by atoms with Crippen molar-refractivity contribution in [2.24, 2.45) is 5.41 Å². The van der Waals surface area contributed by atoms with Gasteiger partial charge in [0.15, 0.2) is 5.82 Å². The monoisotopic (exact) mass is 489 g/mol. The van der Waals surface area contributed by atoms with Gasteiger partial charge >= 0.3 is 0 Å². The number of morpholine rings is 1. The molecule has 9 heteroatoms. The molecule has 0 saturated carbocycles. The average Bonchev–Trinajstić information content (AvgIpc) is 3.43. The van der Waals surface area contributed by atoms with E-state index in [0.717, 1.165) is 46.4 Å². The second kappa shape index (κ2) is 9.22. The number of fused-ring (bicyclic) bond motifs is 2. The Hall–Kier alpha value is -3.43. The van der Waals surface area contributed by atoms with E-state index in [4.69, 9.17) is 9.72 Å². The first-order chi connectivity index (χ1) is 17.1. The molecule has 0 spiro atoms. The Morgan fingerprint density at radius 3 is 2.81 bits per heavy atom. The second-order valence-electron chi connectivity index (χ2n) is 11.0. The number of imidazole rings is 1. The van der Waals surface area contributed by atoms with Crippen LogP contribution in [0.15, 0.2) is 36.4 Å². The normalized spacial score (nSPS) is 18.9. The molecule has 2 unspecified atom stereocenters. The molecule has 3 heterocycles. The first-order valence-corrected chi connectivity index (χ1v) is 12.4. The summed E-state index contributed by atoms with van der Waals surface area (Å²) >= 11 is 0. The van der Waals surface area contributed by atoms with Crippen LogP contribution in [0.1, 0.15) is 27.7 Å². The number of hydrogen-bond acceptors (Lipinski definition) is 6. The Balaban J connectivity index is 1.45. The fourth-order valence-electron chi connectivity index (χ4n) is 4.62. The number of ether oxygens (including phenoxy) is 1. The zero-order valence-electron chi connectivity index (χ0n) is 21.8. The summed E-state index contributed by atoms with van der Waals surface area (Å²) in [5.74, 6) is 0.640. The average molecular weight is 490 g/mol. The summed E-state index contributed by atoms with van der Waals surface area (Å²) in [6, 6.07) is 12.4. The lowest BCUT2D eigenvalue weighted by Gasteiger charge is -2.40. The van der Waals surface area contributed by atoms with E-state index in [0.29, 0.717) is 24.2 Å². The van der Waals surface area contributed by atoms with E-state index in [1.165, 1.54) is 0 Å². The van der Waals surface area contributed by atoms with Gasteiger partial charge in [-0.1, -0.05) is 32.9 Å². The van der Waals surface area contributed by atoms with Gasteiger partial charge in [-0.25, -0.2) is 4.98 Å². The standard InChI is InChI=1S/C27H35N7O2/c1-16-15-36-18(13-33(5)6)14-34(16)17-10-11-20-22(12-17)29-25(28-20)24-19-8-7-9-21(23(19)31-32-24)30-26(35)27(2,3)4/h7-12,16,18H,13-15H2,1-6H3,(H,28,29)(H,30,35)(H,31,32). The molecule has 9 nitrogen and oxygen atoms in total. The highest BCUT2D eigenvalue weighted by atomic mass is 16.5. The molecule has 1 aliphatic rings. The van der Waals surface area contributed by atoms with Crippen LogP contribution >= 0.6 is 0 Å². The first-order valence-electron chi connectivity index (χ1n) is 12.4. The Kier molecular flexibility index (Phi) is 6.22. The van der Waals surface area contributed by atoms with E-state index in [1.807, 2.05) is 39.0 Å². The summed E-state index contributed by atoms with van der Waals surface area (Å²) in [4.78, 5) is 25.4. The van der Waals surface area contributed by atoms with Crippen LogP contribution in [0, 0.1) is 5.41 Å². The summed E-state index contributed by atoms with van der Waals surface area (Å²) in [6.07, 6.45) is 0.174. The molecule has 0 aliphatic carbocycles. The van der Waals surface area contributed by atoms with Gasteiger partial charge in [0, 0.05) is 35.6 Å². The number of aromatic amines is 2. The van der Waals surface area contributed by atoms with Crippen LogP contribution in [0.5, 0.6) is 0 Å². The lowest BCUT2D eigenvalue weighted by Crippen LogP contribution is -2.51. The topological polar surface area (TPSA) is 102 Å². The Bertz CT molecular complexity index is 1400. The quantitative estimate of drug-likeness (QED) is 0.387. The number of carbonyl (C=O) groups is 1. The van der Waals surface area contributed by atoms with Gasteiger partial charge < -0.3 is 24.8 Å². The number of para-hydroxylation sites is 1. The highest BCUT2D eigenvalue weighted by molar-refractivity contribution is 6.05. The van der Waals surface area contributed by atoms with Gasteiger partial charge in [-0.05, 0) is 45.3 Å². The van der Waals surface area contributed by atoms with Crippen molar-refractivity contribution in [2.75, 3.05) is 44.0 Å². The van der Waals surface area contributed by atoms with E-state index in [-0.39, 0.29) is 12.0 Å². The smallest absolute Gasteiger partial charge is 0.229 e. The van der Waals surface area contributed by atoms with E-state index in [9.17, 15) is 4.79 Å². The van der Waals surface area contributed by atoms with Crippen molar-refractivity contribution in [3.8, 4) is 11.5 Å². The summed E-state index contributed by atoms with van der Waals surface area (Å²) in [7, 11) is 4.15. The SMILES string of the molecule is CC1COC(CN(C)C)CN1c1ccc2nc(-c3n[nH]c4c(NC(=O)C(C)(C)C)cccc34)[nH]c2c1. The van der Waals surface area contributed by atoms with Gasteiger partial charge in [-0.2, -0.15) is 5.10 Å². The van der Waals surface area contributed by atoms with Crippen molar-refractivity contribution in [2.45, 2.75) is 39.8 Å². The predicted octanol–water partition coefficient (Wildman–Crippen LogP) is 4.25. The third kappa shape index (κ3) is 4.68. The van der Waals surface area contributed by atoms with Crippen molar-refractivity contribution < 1.29 is 9.53 Å². The number of nitrogens with one attached hydrogen (secondary N) is 3. The summed E-state index contributed by atoms with van der Waals surface area (Å²) < 4.78 is 6.04. The number of H-pyrrole nitrogens is 2. The number of rotatable bonds is 5. The van der Waals surface area contributed by atoms with Crippen LogP contribution in [0.25, 0.3) is 33.5 Å². The lowest BCUT2D eigenvalue weighted by molar-refractivity contribution is -0.123. The Labute approximate surface area is 211 Å². The lowest BCUT2D eigenvalue weighted by atomic mass is 9.95. The molecule has 5 rings (SSSR count). The van der Waals surface area contributed by atoms with Crippen LogP contribution in [-0.4, -0.2) is 76.9 Å². The zero-order valence-corrected chi connectivity index (χ0v) is 21.8. The largest absolute Gasteiger partial charge is 0.373 e. The third-order valence-electron chi connectivity index (χ3n) is 6.62. The molecule has 1 fully saturated rings. The molecule has 36 heavy (non-hydrogen) atoms. The molecule has 3 N–H and O–H groups in total. The fraction of sp³-hybridized carbons (Fsp3) is 0.444. The molecule has 2 aromatic heterocycles. The molecule has 1 amide bonds. The van der Waals surface area contributed by atoms with Crippen molar-refractivity contribution in [3.63, 3.8) is 0 Å². The molecule has 190 valence electrons. The summed E-state index contributed by atoms with van der Waals surface area (Å²) in [6.45, 7) is 10.3. The zero-order chi connectivity index (χ0) is 25.6. The maximum atomic E-state index is 12.6. The van der Waals surface area contributed by atoms with Crippen LogP contribution in [0.4, 0.5) is 11.4 Å². The van der Waals surface area contributed by atoms with Gasteiger partial charge in [0.05, 0.1) is 34.9 Å². The minimum Gasteiger partial charge on any atom is -0.373 e. The molecule has 4 aromatic rings. The number of amides is 1. The number of benzene rings is 2. The van der Waals surface area contributed by atoms with Gasteiger partial charge in [0.1, 0.15) is 5.69 Å². The minimum absolute atomic E-state index is 0.0485. The van der Waals surface area contributed by atoms with Crippen LogP contribution in [-0.2, 0) is 9.53 Å². The molecule has 1 saturated heterocycles. The van der Waals surface area contributed by atoms with Gasteiger partial charge in [-0.3, -0.25) is 9.89 Å². The number of nitrogens with zero attached hydrogens (tertiary/aromatic N) is 4. The number of carbonyl (C=O) groups excluding carboxylic acids is 1. The highest BCUT2D eigenvalue weighted by Crippen LogP contribution is 2.32. The van der Waals surface area contributed by atoms with Crippen LogP contribution in [0.3, 0.4) is 0 Å². The number of anilines is 2. The van der Waals surface area contributed by atoms with Gasteiger partial charge in [0.2, 0.25) is 5.91 Å². The number of hydrogen-bond donors (Lipinski definition) is 3. The van der Waals surface area contributed by atoms with Crippen molar-refractivity contribution in [3.05, 3.63) is 36.4 Å². The third-order valence-corrected chi connectivity index (χ3v) is 6.62. The molecule has 2 aromatic carbocycles. The maximum absolute atomic E-state index is 12.6. The number of aromatic nitrogens is 4. The van der Waals surface area contributed by atoms with Gasteiger partial charge in [0.25, 0.3) is 0 Å². The predicted molar refractivity (Wildman–Crippen MR) is 144 cm³/mol. The van der Waals surface area contributed by atoms with Crippen molar-refractivity contribution in [1.29, 1.82) is 0 Å². The summed E-state index contributed by atoms with van der Waals surface area (Å²) in [5, 5.41) is 11.6. The fourth-order valence-corrected chi connectivity index (χ4v) is 4.62. The van der Waals surface area contributed by atoms with E-state index in [2.05, 4.69) is 69.5 Å². The van der Waals surface area contributed by atoms with Crippen LogP contribution < -0.4 is 10.2 Å². The second-order valence-corrected chi connectivity index (χ2v) is 11.0. The molecule has 0 bridgehead atoms. The van der Waals surface area contributed by atoms with Crippen LogP contribution in [0.2, 0.25) is 0 Å². The van der Waals surface area contributed by atoms with E-state index >= 15 is 0 Å².